The number of aromatic nitrogens is 2. The fourth-order valence-electron chi connectivity index (χ4n) is 2.16. The van der Waals surface area contributed by atoms with Crippen molar-refractivity contribution in [1.29, 1.82) is 0 Å². The highest BCUT2D eigenvalue weighted by molar-refractivity contribution is 5.76. The lowest BCUT2D eigenvalue weighted by Crippen LogP contribution is -2.27. The van der Waals surface area contributed by atoms with Crippen LogP contribution in [-0.2, 0) is 4.79 Å². The summed E-state index contributed by atoms with van der Waals surface area (Å²) >= 11 is 0. The summed E-state index contributed by atoms with van der Waals surface area (Å²) in [5, 5.41) is 10.3. The standard InChI is InChI=1S/C16H22N4O/c1-13(19-16(21)5-3-10-17-2)14-6-8-15(9-7-14)20-12-4-11-18-20/h4,6-9,11-13,17H,3,5,10H2,1-2H3,(H,19,21). The molecule has 0 aliphatic heterocycles. The molecule has 2 rings (SSSR count). The zero-order valence-corrected chi connectivity index (χ0v) is 12.5. The van der Waals surface area contributed by atoms with Gasteiger partial charge in [-0.15, -0.1) is 0 Å². The van der Waals surface area contributed by atoms with E-state index in [1.807, 2.05) is 55.2 Å². The van der Waals surface area contributed by atoms with Gasteiger partial charge in [0, 0.05) is 18.8 Å². The third-order valence-corrected chi connectivity index (χ3v) is 3.37. The molecule has 0 radical (unpaired) electrons. The molecule has 0 saturated carbocycles. The molecule has 1 unspecified atom stereocenters. The second-order valence-corrected chi connectivity index (χ2v) is 5.04. The fraction of sp³-hybridized carbons (Fsp3) is 0.375. The molecule has 0 aliphatic carbocycles. The lowest BCUT2D eigenvalue weighted by atomic mass is 10.1. The Bertz CT molecular complexity index is 548. The number of hydrogen-bond acceptors (Lipinski definition) is 3. The molecule has 1 aromatic carbocycles. The monoisotopic (exact) mass is 286 g/mol. The summed E-state index contributed by atoms with van der Waals surface area (Å²) in [4.78, 5) is 11.8. The van der Waals surface area contributed by atoms with Crippen LogP contribution in [0.25, 0.3) is 5.69 Å². The van der Waals surface area contributed by atoms with Gasteiger partial charge < -0.3 is 10.6 Å². The maximum Gasteiger partial charge on any atom is 0.220 e. The Morgan fingerprint density at radius 3 is 2.71 bits per heavy atom. The first-order valence-corrected chi connectivity index (χ1v) is 7.24. The van der Waals surface area contributed by atoms with E-state index in [-0.39, 0.29) is 11.9 Å². The summed E-state index contributed by atoms with van der Waals surface area (Å²) in [6.45, 7) is 2.86. The van der Waals surface area contributed by atoms with Crippen LogP contribution >= 0.6 is 0 Å². The highest BCUT2D eigenvalue weighted by Gasteiger charge is 2.09. The summed E-state index contributed by atoms with van der Waals surface area (Å²) in [7, 11) is 1.89. The van der Waals surface area contributed by atoms with Gasteiger partial charge in [-0.25, -0.2) is 4.68 Å². The van der Waals surface area contributed by atoms with Crippen LogP contribution in [-0.4, -0.2) is 29.3 Å². The fourth-order valence-corrected chi connectivity index (χ4v) is 2.16. The minimum Gasteiger partial charge on any atom is -0.350 e. The molecular formula is C16H22N4O. The molecule has 2 N–H and O–H groups in total. The number of rotatable bonds is 7. The molecule has 0 saturated heterocycles. The topological polar surface area (TPSA) is 59.0 Å². The smallest absolute Gasteiger partial charge is 0.220 e. The zero-order chi connectivity index (χ0) is 15.1. The molecule has 112 valence electrons. The minimum absolute atomic E-state index is 0.0127. The van der Waals surface area contributed by atoms with Crippen LogP contribution in [0.4, 0.5) is 0 Å². The average Bonchev–Trinajstić information content (AvgIpc) is 3.02. The Morgan fingerprint density at radius 2 is 2.10 bits per heavy atom. The highest BCUT2D eigenvalue weighted by atomic mass is 16.1. The van der Waals surface area contributed by atoms with Crippen molar-refractivity contribution in [3.8, 4) is 5.69 Å². The third kappa shape index (κ3) is 4.43. The average molecular weight is 286 g/mol. The number of carbonyl (C=O) groups is 1. The second-order valence-electron chi connectivity index (χ2n) is 5.04. The van der Waals surface area contributed by atoms with Gasteiger partial charge in [-0.3, -0.25) is 4.79 Å². The van der Waals surface area contributed by atoms with E-state index in [1.54, 1.807) is 6.20 Å². The van der Waals surface area contributed by atoms with Crippen LogP contribution in [0.1, 0.15) is 31.4 Å². The van der Waals surface area contributed by atoms with Crippen molar-refractivity contribution in [2.45, 2.75) is 25.8 Å². The maximum atomic E-state index is 11.8. The Morgan fingerprint density at radius 1 is 1.33 bits per heavy atom. The Hall–Kier alpha value is -2.14. The molecule has 0 bridgehead atoms. The van der Waals surface area contributed by atoms with Gasteiger partial charge in [0.25, 0.3) is 0 Å². The molecule has 5 nitrogen and oxygen atoms in total. The van der Waals surface area contributed by atoms with Crippen molar-refractivity contribution < 1.29 is 4.79 Å². The largest absolute Gasteiger partial charge is 0.350 e. The summed E-state index contributed by atoms with van der Waals surface area (Å²) in [6, 6.07) is 9.96. The van der Waals surface area contributed by atoms with E-state index in [0.717, 1.165) is 24.2 Å². The SMILES string of the molecule is CNCCCC(=O)NC(C)c1ccc(-n2cccn2)cc1. The quantitative estimate of drug-likeness (QED) is 0.766. The molecule has 1 aromatic heterocycles. The molecule has 0 aliphatic rings. The van der Waals surface area contributed by atoms with Gasteiger partial charge in [-0.05, 0) is 50.7 Å². The van der Waals surface area contributed by atoms with Gasteiger partial charge in [-0.2, -0.15) is 5.10 Å². The number of nitrogens with one attached hydrogen (secondary N) is 2. The summed E-state index contributed by atoms with van der Waals surface area (Å²) < 4.78 is 1.81. The summed E-state index contributed by atoms with van der Waals surface area (Å²) in [5.41, 5.74) is 2.10. The molecule has 21 heavy (non-hydrogen) atoms. The second kappa shape index (κ2) is 7.59. The van der Waals surface area contributed by atoms with E-state index in [4.69, 9.17) is 0 Å². The first-order valence-electron chi connectivity index (χ1n) is 7.24. The zero-order valence-electron chi connectivity index (χ0n) is 12.5. The molecule has 0 fully saturated rings. The van der Waals surface area contributed by atoms with Crippen LogP contribution in [0, 0.1) is 0 Å². The van der Waals surface area contributed by atoms with E-state index in [9.17, 15) is 4.79 Å². The molecule has 2 aromatic rings. The molecular weight excluding hydrogens is 264 g/mol. The lowest BCUT2D eigenvalue weighted by Gasteiger charge is -2.15. The predicted molar refractivity (Wildman–Crippen MR) is 83.3 cm³/mol. The summed E-state index contributed by atoms with van der Waals surface area (Å²) in [5.74, 6) is 0.0916. The third-order valence-electron chi connectivity index (χ3n) is 3.37. The van der Waals surface area contributed by atoms with Gasteiger partial charge in [0.15, 0.2) is 0 Å². The van der Waals surface area contributed by atoms with Crippen molar-refractivity contribution in [3.63, 3.8) is 0 Å². The number of nitrogens with zero attached hydrogens (tertiary/aromatic N) is 2. The highest BCUT2D eigenvalue weighted by Crippen LogP contribution is 2.15. The number of hydrogen-bond donors (Lipinski definition) is 2. The van der Waals surface area contributed by atoms with Crippen molar-refractivity contribution in [2.24, 2.45) is 0 Å². The van der Waals surface area contributed by atoms with E-state index in [1.165, 1.54) is 0 Å². The Kier molecular flexibility index (Phi) is 5.51. The minimum atomic E-state index is 0.0127. The van der Waals surface area contributed by atoms with Crippen LogP contribution in [0.15, 0.2) is 42.7 Å². The van der Waals surface area contributed by atoms with Gasteiger partial charge in [-0.1, -0.05) is 12.1 Å². The van der Waals surface area contributed by atoms with Crippen molar-refractivity contribution in [3.05, 3.63) is 48.3 Å². The van der Waals surface area contributed by atoms with Gasteiger partial charge in [0.2, 0.25) is 5.91 Å². The van der Waals surface area contributed by atoms with Crippen LogP contribution in [0.2, 0.25) is 0 Å². The van der Waals surface area contributed by atoms with Crippen molar-refractivity contribution in [2.75, 3.05) is 13.6 Å². The number of benzene rings is 1. The summed E-state index contributed by atoms with van der Waals surface area (Å²) in [6.07, 6.45) is 5.06. The van der Waals surface area contributed by atoms with Crippen LogP contribution in [0.5, 0.6) is 0 Å². The molecule has 1 heterocycles. The Labute approximate surface area is 125 Å². The van der Waals surface area contributed by atoms with E-state index in [0.29, 0.717) is 6.42 Å². The Balaban J connectivity index is 1.90. The first-order chi connectivity index (χ1) is 10.2. The molecule has 0 spiro atoms. The first kappa shape index (κ1) is 15.3. The number of amides is 1. The van der Waals surface area contributed by atoms with Crippen LogP contribution in [0.3, 0.4) is 0 Å². The number of carbonyl (C=O) groups excluding carboxylic acids is 1. The van der Waals surface area contributed by atoms with Gasteiger partial charge >= 0.3 is 0 Å². The maximum absolute atomic E-state index is 11.8. The predicted octanol–water partition coefficient (Wildman–Crippen LogP) is 2.05. The molecule has 1 amide bonds. The van der Waals surface area contributed by atoms with Crippen molar-refractivity contribution in [1.82, 2.24) is 20.4 Å². The molecule has 5 heteroatoms. The van der Waals surface area contributed by atoms with Crippen LogP contribution < -0.4 is 10.6 Å². The lowest BCUT2D eigenvalue weighted by molar-refractivity contribution is -0.121. The van der Waals surface area contributed by atoms with Gasteiger partial charge in [0.05, 0.1) is 11.7 Å². The molecule has 1 atom stereocenters. The van der Waals surface area contributed by atoms with E-state index >= 15 is 0 Å². The van der Waals surface area contributed by atoms with E-state index < -0.39 is 0 Å². The van der Waals surface area contributed by atoms with E-state index in [2.05, 4.69) is 15.7 Å². The normalized spacial score (nSPS) is 12.1. The van der Waals surface area contributed by atoms with Crippen molar-refractivity contribution >= 4 is 5.91 Å². The van der Waals surface area contributed by atoms with Gasteiger partial charge in [0.1, 0.15) is 0 Å².